The Balaban J connectivity index is 1.70. The van der Waals surface area contributed by atoms with Gasteiger partial charge in [0.25, 0.3) is 0 Å². The third kappa shape index (κ3) is 1.79. The van der Waals surface area contributed by atoms with E-state index >= 15 is 0 Å². The monoisotopic (exact) mass is 207 g/mol. The third-order valence-electron chi connectivity index (χ3n) is 3.36. The van der Waals surface area contributed by atoms with Crippen molar-refractivity contribution in [3.63, 3.8) is 0 Å². The zero-order chi connectivity index (χ0) is 10.1. The summed E-state index contributed by atoms with van der Waals surface area (Å²) in [4.78, 5) is 2.45. The molecule has 2 heterocycles. The summed E-state index contributed by atoms with van der Waals surface area (Å²) in [6.45, 7) is 5.42. The van der Waals surface area contributed by atoms with Crippen molar-refractivity contribution in [2.45, 2.75) is 25.8 Å². The Bertz CT molecular complexity index is 342. The van der Waals surface area contributed by atoms with Gasteiger partial charge in [-0.15, -0.1) is 0 Å². The number of hydrogen-bond acceptors (Lipinski definition) is 4. The maximum Gasteiger partial charge on any atom is 0.140 e. The SMILES string of the molecule is C1Cc2onc(CN3CCNCC3)c2C1. The minimum absolute atomic E-state index is 0.973. The van der Waals surface area contributed by atoms with Crippen molar-refractivity contribution in [2.75, 3.05) is 26.2 Å². The van der Waals surface area contributed by atoms with Crippen molar-refractivity contribution in [3.8, 4) is 0 Å². The van der Waals surface area contributed by atoms with Gasteiger partial charge in [-0.2, -0.15) is 0 Å². The Labute approximate surface area is 89.6 Å². The molecule has 1 aromatic rings. The maximum absolute atomic E-state index is 5.36. The van der Waals surface area contributed by atoms with E-state index < -0.39 is 0 Å². The van der Waals surface area contributed by atoms with Gasteiger partial charge in [0, 0.05) is 44.7 Å². The number of aromatic nitrogens is 1. The van der Waals surface area contributed by atoms with Gasteiger partial charge in [0.05, 0.1) is 0 Å². The van der Waals surface area contributed by atoms with Gasteiger partial charge in [-0.25, -0.2) is 0 Å². The fourth-order valence-corrected chi connectivity index (χ4v) is 2.49. The largest absolute Gasteiger partial charge is 0.361 e. The van der Waals surface area contributed by atoms with Crippen molar-refractivity contribution in [2.24, 2.45) is 0 Å². The minimum atomic E-state index is 0.973. The summed E-state index contributed by atoms with van der Waals surface area (Å²) in [5.74, 6) is 1.14. The Morgan fingerprint density at radius 1 is 1.27 bits per heavy atom. The Hall–Kier alpha value is -0.870. The van der Waals surface area contributed by atoms with Gasteiger partial charge in [-0.3, -0.25) is 4.90 Å². The summed E-state index contributed by atoms with van der Waals surface area (Å²) < 4.78 is 5.36. The molecule has 0 unspecified atom stereocenters. The van der Waals surface area contributed by atoms with Crippen LogP contribution in [0.4, 0.5) is 0 Å². The molecule has 3 rings (SSSR count). The molecular weight excluding hydrogens is 190 g/mol. The van der Waals surface area contributed by atoms with Gasteiger partial charge < -0.3 is 9.84 Å². The minimum Gasteiger partial charge on any atom is -0.361 e. The van der Waals surface area contributed by atoms with Crippen LogP contribution < -0.4 is 5.32 Å². The Kier molecular flexibility index (Phi) is 2.46. The van der Waals surface area contributed by atoms with E-state index in [1.165, 1.54) is 24.1 Å². The van der Waals surface area contributed by atoms with Crippen LogP contribution in [0.5, 0.6) is 0 Å². The van der Waals surface area contributed by atoms with E-state index in [1.807, 2.05) is 0 Å². The van der Waals surface area contributed by atoms with E-state index in [2.05, 4.69) is 15.4 Å². The lowest BCUT2D eigenvalue weighted by molar-refractivity contribution is 0.225. The van der Waals surface area contributed by atoms with Gasteiger partial charge in [-0.1, -0.05) is 5.16 Å². The van der Waals surface area contributed by atoms with Crippen molar-refractivity contribution < 1.29 is 4.52 Å². The molecule has 0 amide bonds. The zero-order valence-electron chi connectivity index (χ0n) is 8.96. The van der Waals surface area contributed by atoms with Crippen LogP contribution in [0.25, 0.3) is 0 Å². The highest BCUT2D eigenvalue weighted by molar-refractivity contribution is 5.27. The Morgan fingerprint density at radius 3 is 3.00 bits per heavy atom. The van der Waals surface area contributed by atoms with Crippen LogP contribution in [0.1, 0.15) is 23.4 Å². The fraction of sp³-hybridized carbons (Fsp3) is 0.727. The molecule has 0 spiro atoms. The molecule has 1 fully saturated rings. The van der Waals surface area contributed by atoms with Gasteiger partial charge in [0.15, 0.2) is 0 Å². The number of fused-ring (bicyclic) bond motifs is 1. The van der Waals surface area contributed by atoms with Gasteiger partial charge >= 0.3 is 0 Å². The van der Waals surface area contributed by atoms with Crippen LogP contribution in [0.15, 0.2) is 4.52 Å². The highest BCUT2D eigenvalue weighted by Crippen LogP contribution is 2.25. The first-order valence-corrected chi connectivity index (χ1v) is 5.83. The fourth-order valence-electron chi connectivity index (χ4n) is 2.49. The number of hydrogen-bond donors (Lipinski definition) is 1. The van der Waals surface area contributed by atoms with E-state index in [9.17, 15) is 0 Å². The lowest BCUT2D eigenvalue weighted by Gasteiger charge is -2.26. The van der Waals surface area contributed by atoms with Crippen LogP contribution in [-0.2, 0) is 19.4 Å². The maximum atomic E-state index is 5.36. The summed E-state index contributed by atoms with van der Waals surface area (Å²) in [7, 11) is 0. The van der Waals surface area contributed by atoms with Gasteiger partial charge in [0.1, 0.15) is 11.5 Å². The van der Waals surface area contributed by atoms with Crippen LogP contribution in [0, 0.1) is 0 Å². The second kappa shape index (κ2) is 3.94. The Morgan fingerprint density at radius 2 is 2.13 bits per heavy atom. The van der Waals surface area contributed by atoms with Gasteiger partial charge in [0.2, 0.25) is 0 Å². The molecule has 4 heteroatoms. The highest BCUT2D eigenvalue weighted by atomic mass is 16.5. The molecule has 0 aromatic carbocycles. The number of piperazine rings is 1. The molecule has 1 aliphatic heterocycles. The second-order valence-electron chi connectivity index (χ2n) is 4.41. The number of aryl methyl sites for hydroxylation is 1. The average molecular weight is 207 g/mol. The van der Waals surface area contributed by atoms with Crippen molar-refractivity contribution >= 4 is 0 Å². The molecule has 0 radical (unpaired) electrons. The predicted molar refractivity (Wildman–Crippen MR) is 56.7 cm³/mol. The van der Waals surface area contributed by atoms with E-state index in [0.29, 0.717) is 0 Å². The van der Waals surface area contributed by atoms with Gasteiger partial charge in [-0.05, 0) is 12.8 Å². The topological polar surface area (TPSA) is 41.3 Å². The molecule has 0 atom stereocenters. The van der Waals surface area contributed by atoms with E-state index in [0.717, 1.165) is 44.9 Å². The second-order valence-corrected chi connectivity index (χ2v) is 4.41. The van der Waals surface area contributed by atoms with Crippen molar-refractivity contribution in [1.82, 2.24) is 15.4 Å². The molecule has 1 N–H and O–H groups in total. The highest BCUT2D eigenvalue weighted by Gasteiger charge is 2.22. The van der Waals surface area contributed by atoms with Crippen LogP contribution in [0.2, 0.25) is 0 Å². The molecule has 0 saturated carbocycles. The number of rotatable bonds is 2. The van der Waals surface area contributed by atoms with E-state index in [4.69, 9.17) is 4.52 Å². The molecule has 1 saturated heterocycles. The van der Waals surface area contributed by atoms with Crippen LogP contribution in [0.3, 0.4) is 0 Å². The number of nitrogens with one attached hydrogen (secondary N) is 1. The zero-order valence-corrected chi connectivity index (χ0v) is 8.96. The molecule has 1 aromatic heterocycles. The smallest absolute Gasteiger partial charge is 0.140 e. The molecular formula is C11H17N3O. The van der Waals surface area contributed by atoms with E-state index in [-0.39, 0.29) is 0 Å². The first kappa shape index (κ1) is 9.36. The van der Waals surface area contributed by atoms with Crippen molar-refractivity contribution in [1.29, 1.82) is 0 Å². The summed E-state index contributed by atoms with van der Waals surface area (Å²) in [5.41, 5.74) is 2.58. The van der Waals surface area contributed by atoms with Crippen LogP contribution >= 0.6 is 0 Å². The van der Waals surface area contributed by atoms with Crippen molar-refractivity contribution in [3.05, 3.63) is 17.0 Å². The molecule has 2 aliphatic rings. The lowest BCUT2D eigenvalue weighted by Crippen LogP contribution is -2.43. The van der Waals surface area contributed by atoms with E-state index in [1.54, 1.807) is 0 Å². The standard InChI is InChI=1S/C11H17N3O/c1-2-9-10(13-15-11(9)3-1)8-14-6-4-12-5-7-14/h12H,1-8H2. The lowest BCUT2D eigenvalue weighted by atomic mass is 10.2. The van der Waals surface area contributed by atoms with Crippen LogP contribution in [-0.4, -0.2) is 36.2 Å². The first-order valence-electron chi connectivity index (χ1n) is 5.83. The average Bonchev–Trinajstić information content (AvgIpc) is 2.85. The summed E-state index contributed by atoms with van der Waals surface area (Å²) in [5, 5.41) is 7.56. The molecule has 82 valence electrons. The molecule has 1 aliphatic carbocycles. The first-order chi connectivity index (χ1) is 7.43. The molecule has 4 nitrogen and oxygen atoms in total. The predicted octanol–water partition coefficient (Wildman–Crippen LogP) is 0.568. The summed E-state index contributed by atoms with van der Waals surface area (Å²) in [6.07, 6.45) is 3.50. The molecule has 0 bridgehead atoms. The summed E-state index contributed by atoms with van der Waals surface area (Å²) in [6, 6.07) is 0. The summed E-state index contributed by atoms with van der Waals surface area (Å²) >= 11 is 0. The molecule has 15 heavy (non-hydrogen) atoms. The number of nitrogens with zero attached hydrogens (tertiary/aromatic N) is 2. The normalized spacial score (nSPS) is 21.9. The third-order valence-corrected chi connectivity index (χ3v) is 3.36. The quantitative estimate of drug-likeness (QED) is 0.769.